The van der Waals surface area contributed by atoms with Gasteiger partial charge in [0.1, 0.15) is 11.6 Å². The minimum atomic E-state index is -0.177. The van der Waals surface area contributed by atoms with Crippen LogP contribution >= 0.6 is 0 Å². The SMILES string of the molecule is COc1ccc(NC(=O)c2ccnc(NCCc3ccccc3)c2)cc1. The first kappa shape index (κ1) is 17.5. The van der Waals surface area contributed by atoms with Crippen molar-refractivity contribution in [3.05, 3.63) is 84.1 Å². The Kier molecular flexibility index (Phi) is 5.83. The van der Waals surface area contributed by atoms with Gasteiger partial charge in [0.05, 0.1) is 7.11 Å². The Labute approximate surface area is 153 Å². The molecule has 132 valence electrons. The van der Waals surface area contributed by atoms with Crippen molar-refractivity contribution < 1.29 is 9.53 Å². The van der Waals surface area contributed by atoms with Crippen LogP contribution < -0.4 is 15.4 Å². The molecule has 0 unspecified atom stereocenters. The van der Waals surface area contributed by atoms with Crippen molar-refractivity contribution in [2.24, 2.45) is 0 Å². The Morgan fingerprint density at radius 1 is 1.04 bits per heavy atom. The number of amides is 1. The fourth-order valence-corrected chi connectivity index (χ4v) is 2.53. The predicted molar refractivity (Wildman–Crippen MR) is 104 cm³/mol. The average molecular weight is 347 g/mol. The largest absolute Gasteiger partial charge is 0.497 e. The van der Waals surface area contributed by atoms with Crippen molar-refractivity contribution in [2.45, 2.75) is 6.42 Å². The third kappa shape index (κ3) is 4.83. The fraction of sp³-hybridized carbons (Fsp3) is 0.143. The molecule has 0 spiro atoms. The third-order valence-electron chi connectivity index (χ3n) is 3.93. The third-order valence-corrected chi connectivity index (χ3v) is 3.93. The van der Waals surface area contributed by atoms with Crippen LogP contribution in [0.2, 0.25) is 0 Å². The number of anilines is 2. The van der Waals surface area contributed by atoms with Crippen LogP contribution in [0.1, 0.15) is 15.9 Å². The van der Waals surface area contributed by atoms with E-state index in [1.54, 1.807) is 49.7 Å². The standard InChI is InChI=1S/C21H21N3O2/c1-26-19-9-7-18(8-10-19)24-21(25)17-12-14-23-20(15-17)22-13-11-16-5-3-2-4-6-16/h2-10,12,14-15H,11,13H2,1H3,(H,22,23)(H,24,25). The minimum absolute atomic E-state index is 0.177. The Bertz CT molecular complexity index is 849. The molecule has 2 N–H and O–H groups in total. The molecule has 0 radical (unpaired) electrons. The minimum Gasteiger partial charge on any atom is -0.497 e. The molecule has 0 bridgehead atoms. The van der Waals surface area contributed by atoms with E-state index in [1.165, 1.54) is 5.56 Å². The lowest BCUT2D eigenvalue weighted by Gasteiger charge is -2.09. The monoisotopic (exact) mass is 347 g/mol. The number of carbonyl (C=O) groups excluding carboxylic acids is 1. The van der Waals surface area contributed by atoms with Crippen LogP contribution in [0.25, 0.3) is 0 Å². The predicted octanol–water partition coefficient (Wildman–Crippen LogP) is 4.00. The van der Waals surface area contributed by atoms with Gasteiger partial charge in [0.25, 0.3) is 5.91 Å². The molecule has 5 nitrogen and oxygen atoms in total. The van der Waals surface area contributed by atoms with Crippen LogP contribution in [0.15, 0.2) is 72.9 Å². The molecule has 3 aromatic rings. The molecule has 0 atom stereocenters. The molecule has 0 aliphatic heterocycles. The second-order valence-corrected chi connectivity index (χ2v) is 5.77. The lowest BCUT2D eigenvalue weighted by atomic mass is 10.1. The van der Waals surface area contributed by atoms with Crippen molar-refractivity contribution in [1.82, 2.24) is 4.98 Å². The van der Waals surface area contributed by atoms with E-state index in [4.69, 9.17) is 4.74 Å². The van der Waals surface area contributed by atoms with Crippen LogP contribution in [0, 0.1) is 0 Å². The smallest absolute Gasteiger partial charge is 0.255 e. The Morgan fingerprint density at radius 3 is 2.54 bits per heavy atom. The van der Waals surface area contributed by atoms with E-state index >= 15 is 0 Å². The molecular formula is C21H21N3O2. The molecule has 1 amide bonds. The summed E-state index contributed by atoms with van der Waals surface area (Å²) >= 11 is 0. The maximum absolute atomic E-state index is 12.4. The van der Waals surface area contributed by atoms with E-state index in [0.717, 1.165) is 18.7 Å². The highest BCUT2D eigenvalue weighted by Crippen LogP contribution is 2.16. The summed E-state index contributed by atoms with van der Waals surface area (Å²) in [4.78, 5) is 16.7. The van der Waals surface area contributed by atoms with Gasteiger partial charge < -0.3 is 15.4 Å². The first-order valence-electron chi connectivity index (χ1n) is 8.44. The van der Waals surface area contributed by atoms with Crippen LogP contribution in [0.4, 0.5) is 11.5 Å². The van der Waals surface area contributed by atoms with Crippen molar-refractivity contribution in [2.75, 3.05) is 24.3 Å². The zero-order valence-electron chi connectivity index (χ0n) is 14.6. The number of rotatable bonds is 7. The summed E-state index contributed by atoms with van der Waals surface area (Å²) in [6, 6.07) is 20.9. The molecule has 2 aromatic carbocycles. The summed E-state index contributed by atoms with van der Waals surface area (Å²) in [5.41, 5.74) is 2.53. The van der Waals surface area contributed by atoms with Gasteiger partial charge in [0.15, 0.2) is 0 Å². The van der Waals surface area contributed by atoms with Crippen LogP contribution in [0.5, 0.6) is 5.75 Å². The summed E-state index contributed by atoms with van der Waals surface area (Å²) in [6.45, 7) is 0.751. The highest BCUT2D eigenvalue weighted by molar-refractivity contribution is 6.04. The maximum atomic E-state index is 12.4. The molecule has 1 aromatic heterocycles. The molecule has 0 aliphatic carbocycles. The van der Waals surface area contributed by atoms with Crippen LogP contribution in [0.3, 0.4) is 0 Å². The van der Waals surface area contributed by atoms with Crippen LogP contribution in [-0.2, 0) is 6.42 Å². The second kappa shape index (κ2) is 8.67. The number of pyridine rings is 1. The molecule has 0 aliphatic rings. The lowest BCUT2D eigenvalue weighted by molar-refractivity contribution is 0.102. The van der Waals surface area contributed by atoms with E-state index in [0.29, 0.717) is 17.1 Å². The number of methoxy groups -OCH3 is 1. The molecular weight excluding hydrogens is 326 g/mol. The first-order valence-corrected chi connectivity index (χ1v) is 8.44. The van der Waals surface area contributed by atoms with E-state index in [1.807, 2.05) is 18.2 Å². The fourth-order valence-electron chi connectivity index (χ4n) is 2.53. The Balaban J connectivity index is 1.57. The van der Waals surface area contributed by atoms with Gasteiger partial charge in [0.2, 0.25) is 0 Å². The lowest BCUT2D eigenvalue weighted by Crippen LogP contribution is -2.13. The van der Waals surface area contributed by atoms with Gasteiger partial charge in [-0.3, -0.25) is 4.79 Å². The number of ether oxygens (including phenoxy) is 1. The number of aromatic nitrogens is 1. The molecule has 26 heavy (non-hydrogen) atoms. The van der Waals surface area contributed by atoms with E-state index in [-0.39, 0.29) is 5.91 Å². The van der Waals surface area contributed by atoms with Crippen molar-refractivity contribution in [3.63, 3.8) is 0 Å². The summed E-state index contributed by atoms with van der Waals surface area (Å²) < 4.78 is 5.11. The molecule has 0 fully saturated rings. The molecule has 3 rings (SSSR count). The van der Waals surface area contributed by atoms with Gasteiger partial charge in [-0.2, -0.15) is 0 Å². The van der Waals surface area contributed by atoms with Gasteiger partial charge in [0, 0.05) is 24.0 Å². The highest BCUT2D eigenvalue weighted by atomic mass is 16.5. The molecule has 0 saturated carbocycles. The van der Waals surface area contributed by atoms with Crippen LogP contribution in [-0.4, -0.2) is 24.5 Å². The molecule has 0 saturated heterocycles. The summed E-state index contributed by atoms with van der Waals surface area (Å²) in [6.07, 6.45) is 2.53. The van der Waals surface area contributed by atoms with Gasteiger partial charge >= 0.3 is 0 Å². The summed E-state index contributed by atoms with van der Waals surface area (Å²) in [5, 5.41) is 6.13. The maximum Gasteiger partial charge on any atom is 0.255 e. The first-order chi connectivity index (χ1) is 12.7. The topological polar surface area (TPSA) is 63.2 Å². The van der Waals surface area contributed by atoms with Gasteiger partial charge in [-0.15, -0.1) is 0 Å². The van der Waals surface area contributed by atoms with Crippen molar-refractivity contribution in [1.29, 1.82) is 0 Å². The highest BCUT2D eigenvalue weighted by Gasteiger charge is 2.07. The number of nitrogens with one attached hydrogen (secondary N) is 2. The van der Waals surface area contributed by atoms with E-state index in [2.05, 4.69) is 27.8 Å². The molecule has 5 heteroatoms. The molecule has 1 heterocycles. The summed E-state index contributed by atoms with van der Waals surface area (Å²) in [7, 11) is 1.61. The van der Waals surface area contributed by atoms with Gasteiger partial charge in [-0.1, -0.05) is 30.3 Å². The number of hydrogen-bond acceptors (Lipinski definition) is 4. The quantitative estimate of drug-likeness (QED) is 0.678. The van der Waals surface area contributed by atoms with Crippen molar-refractivity contribution in [3.8, 4) is 5.75 Å². The zero-order valence-corrected chi connectivity index (χ0v) is 14.6. The zero-order chi connectivity index (χ0) is 18.2. The normalized spacial score (nSPS) is 10.2. The Morgan fingerprint density at radius 2 is 1.81 bits per heavy atom. The van der Waals surface area contributed by atoms with Crippen molar-refractivity contribution >= 4 is 17.4 Å². The number of hydrogen-bond donors (Lipinski definition) is 2. The average Bonchev–Trinajstić information content (AvgIpc) is 2.69. The number of benzene rings is 2. The second-order valence-electron chi connectivity index (χ2n) is 5.77. The summed E-state index contributed by atoms with van der Waals surface area (Å²) in [5.74, 6) is 1.25. The Hall–Kier alpha value is -3.34. The van der Waals surface area contributed by atoms with E-state index < -0.39 is 0 Å². The number of carbonyl (C=O) groups is 1. The number of nitrogens with zero attached hydrogens (tertiary/aromatic N) is 1. The van der Waals surface area contributed by atoms with Gasteiger partial charge in [-0.25, -0.2) is 4.98 Å². The van der Waals surface area contributed by atoms with E-state index in [9.17, 15) is 4.79 Å². The van der Waals surface area contributed by atoms with Gasteiger partial charge in [-0.05, 0) is 48.4 Å².